The molecule has 13 heavy (non-hydrogen) atoms. The van der Waals surface area contributed by atoms with E-state index in [1.165, 1.54) is 0 Å². The van der Waals surface area contributed by atoms with Gasteiger partial charge in [-0.25, -0.2) is 5.01 Å². The Morgan fingerprint density at radius 2 is 2.23 bits per heavy atom. The third-order valence-corrected chi connectivity index (χ3v) is 2.16. The van der Waals surface area contributed by atoms with E-state index in [-0.39, 0.29) is 5.91 Å². The molecule has 0 unspecified atom stereocenters. The van der Waals surface area contributed by atoms with Gasteiger partial charge in [-0.3, -0.25) is 4.79 Å². The van der Waals surface area contributed by atoms with Crippen molar-refractivity contribution in [3.63, 3.8) is 0 Å². The predicted molar refractivity (Wildman–Crippen MR) is 52.3 cm³/mol. The van der Waals surface area contributed by atoms with Crippen LogP contribution in [0.15, 0.2) is 5.10 Å². The SMILES string of the molecule is CCC(=O)N1CCN(C(C)C)C=N1. The molecule has 0 aliphatic carbocycles. The second-order valence-electron chi connectivity index (χ2n) is 3.43. The van der Waals surface area contributed by atoms with E-state index in [0.29, 0.717) is 19.0 Å². The molecule has 0 aromatic carbocycles. The molecule has 0 aromatic rings. The highest BCUT2D eigenvalue weighted by molar-refractivity contribution is 5.77. The number of hydrogen-bond donors (Lipinski definition) is 0. The van der Waals surface area contributed by atoms with E-state index >= 15 is 0 Å². The Morgan fingerprint density at radius 1 is 1.54 bits per heavy atom. The lowest BCUT2D eigenvalue weighted by Crippen LogP contribution is -2.43. The molecule has 1 heterocycles. The molecule has 1 aliphatic rings. The first kappa shape index (κ1) is 10.0. The molecular formula is C9H17N3O. The van der Waals surface area contributed by atoms with Crippen LogP contribution in [0.1, 0.15) is 27.2 Å². The van der Waals surface area contributed by atoms with E-state index in [1.807, 2.05) is 6.92 Å². The van der Waals surface area contributed by atoms with Crippen LogP contribution in [0.2, 0.25) is 0 Å². The van der Waals surface area contributed by atoms with Crippen molar-refractivity contribution < 1.29 is 4.79 Å². The zero-order chi connectivity index (χ0) is 9.84. The summed E-state index contributed by atoms with van der Waals surface area (Å²) in [6.07, 6.45) is 2.28. The maximum Gasteiger partial charge on any atom is 0.242 e. The molecule has 1 amide bonds. The Kier molecular flexibility index (Phi) is 3.28. The van der Waals surface area contributed by atoms with Crippen molar-refractivity contribution in [1.82, 2.24) is 9.91 Å². The van der Waals surface area contributed by atoms with E-state index in [9.17, 15) is 4.79 Å². The molecule has 0 saturated heterocycles. The fourth-order valence-corrected chi connectivity index (χ4v) is 1.22. The molecule has 0 fully saturated rings. The fourth-order valence-electron chi connectivity index (χ4n) is 1.22. The Morgan fingerprint density at radius 3 is 2.62 bits per heavy atom. The third kappa shape index (κ3) is 2.44. The molecular weight excluding hydrogens is 166 g/mol. The average Bonchev–Trinajstić information content (AvgIpc) is 2.17. The lowest BCUT2D eigenvalue weighted by atomic mass is 10.3. The number of hydrogen-bond acceptors (Lipinski definition) is 3. The van der Waals surface area contributed by atoms with Crippen LogP contribution >= 0.6 is 0 Å². The number of rotatable bonds is 2. The topological polar surface area (TPSA) is 35.9 Å². The minimum absolute atomic E-state index is 0.0969. The van der Waals surface area contributed by atoms with Crippen LogP contribution in [0.3, 0.4) is 0 Å². The number of amides is 1. The maximum atomic E-state index is 11.2. The van der Waals surface area contributed by atoms with Crippen molar-refractivity contribution in [3.8, 4) is 0 Å². The van der Waals surface area contributed by atoms with Gasteiger partial charge in [0, 0.05) is 19.0 Å². The summed E-state index contributed by atoms with van der Waals surface area (Å²) in [5.74, 6) is 0.0969. The van der Waals surface area contributed by atoms with Gasteiger partial charge in [-0.2, -0.15) is 5.10 Å². The van der Waals surface area contributed by atoms with Crippen LogP contribution in [-0.2, 0) is 4.79 Å². The highest BCUT2D eigenvalue weighted by Crippen LogP contribution is 2.04. The molecule has 74 valence electrons. The van der Waals surface area contributed by atoms with Crippen LogP contribution < -0.4 is 0 Å². The normalized spacial score (nSPS) is 16.9. The van der Waals surface area contributed by atoms with Gasteiger partial charge in [0.2, 0.25) is 5.91 Å². The van der Waals surface area contributed by atoms with Gasteiger partial charge in [0.15, 0.2) is 0 Å². The third-order valence-electron chi connectivity index (χ3n) is 2.16. The minimum Gasteiger partial charge on any atom is -0.357 e. The van der Waals surface area contributed by atoms with Gasteiger partial charge in [0.1, 0.15) is 6.34 Å². The smallest absolute Gasteiger partial charge is 0.242 e. The highest BCUT2D eigenvalue weighted by atomic mass is 16.2. The summed E-state index contributed by atoms with van der Waals surface area (Å²) < 4.78 is 0. The summed E-state index contributed by atoms with van der Waals surface area (Å²) in [5, 5.41) is 5.63. The van der Waals surface area contributed by atoms with E-state index in [0.717, 1.165) is 6.54 Å². The monoisotopic (exact) mass is 183 g/mol. The second kappa shape index (κ2) is 4.25. The van der Waals surface area contributed by atoms with E-state index < -0.39 is 0 Å². The van der Waals surface area contributed by atoms with Crippen molar-refractivity contribution >= 4 is 12.2 Å². The largest absolute Gasteiger partial charge is 0.357 e. The maximum absolute atomic E-state index is 11.2. The van der Waals surface area contributed by atoms with Crippen LogP contribution in [0.4, 0.5) is 0 Å². The van der Waals surface area contributed by atoms with Gasteiger partial charge in [-0.1, -0.05) is 6.92 Å². The number of nitrogens with zero attached hydrogens (tertiary/aromatic N) is 3. The summed E-state index contributed by atoms with van der Waals surface area (Å²) in [5.41, 5.74) is 0. The number of hydrazone groups is 1. The van der Waals surface area contributed by atoms with Gasteiger partial charge in [0.25, 0.3) is 0 Å². The zero-order valence-corrected chi connectivity index (χ0v) is 8.53. The van der Waals surface area contributed by atoms with E-state index in [1.54, 1.807) is 11.3 Å². The lowest BCUT2D eigenvalue weighted by Gasteiger charge is -2.31. The first-order chi connectivity index (χ1) is 6.15. The molecule has 4 nitrogen and oxygen atoms in total. The van der Waals surface area contributed by atoms with Crippen molar-refractivity contribution in [1.29, 1.82) is 0 Å². The van der Waals surface area contributed by atoms with Gasteiger partial charge in [-0.15, -0.1) is 0 Å². The van der Waals surface area contributed by atoms with Crippen LogP contribution in [0.5, 0.6) is 0 Å². The zero-order valence-electron chi connectivity index (χ0n) is 8.53. The molecule has 0 atom stereocenters. The van der Waals surface area contributed by atoms with Gasteiger partial charge >= 0.3 is 0 Å². The van der Waals surface area contributed by atoms with Crippen molar-refractivity contribution in [3.05, 3.63) is 0 Å². The second-order valence-corrected chi connectivity index (χ2v) is 3.43. The van der Waals surface area contributed by atoms with Gasteiger partial charge < -0.3 is 4.90 Å². The number of carbonyl (C=O) groups is 1. The Hall–Kier alpha value is -1.06. The summed E-state index contributed by atoms with van der Waals surface area (Å²) >= 11 is 0. The van der Waals surface area contributed by atoms with Crippen LogP contribution in [-0.4, -0.2) is 41.3 Å². The summed E-state index contributed by atoms with van der Waals surface area (Å²) in [7, 11) is 0. The Balaban J connectivity index is 2.52. The molecule has 4 heteroatoms. The van der Waals surface area contributed by atoms with Gasteiger partial charge in [0.05, 0.1) is 6.54 Å². The van der Waals surface area contributed by atoms with Crippen molar-refractivity contribution in [2.45, 2.75) is 33.2 Å². The van der Waals surface area contributed by atoms with Gasteiger partial charge in [-0.05, 0) is 13.8 Å². The molecule has 0 spiro atoms. The fraction of sp³-hybridized carbons (Fsp3) is 0.778. The molecule has 0 aromatic heterocycles. The molecule has 0 saturated carbocycles. The summed E-state index contributed by atoms with van der Waals surface area (Å²) in [6.45, 7) is 7.67. The Bertz CT molecular complexity index is 213. The predicted octanol–water partition coefficient (Wildman–Crippen LogP) is 0.892. The first-order valence-corrected chi connectivity index (χ1v) is 4.75. The quantitative estimate of drug-likeness (QED) is 0.637. The lowest BCUT2D eigenvalue weighted by molar-refractivity contribution is -0.131. The number of carbonyl (C=O) groups excluding carboxylic acids is 1. The molecule has 0 radical (unpaired) electrons. The minimum atomic E-state index is 0.0969. The van der Waals surface area contributed by atoms with Crippen molar-refractivity contribution in [2.75, 3.05) is 13.1 Å². The van der Waals surface area contributed by atoms with Crippen molar-refractivity contribution in [2.24, 2.45) is 5.10 Å². The molecule has 0 bridgehead atoms. The van der Waals surface area contributed by atoms with E-state index in [4.69, 9.17) is 0 Å². The summed E-state index contributed by atoms with van der Waals surface area (Å²) in [4.78, 5) is 13.4. The molecule has 1 rings (SSSR count). The van der Waals surface area contributed by atoms with Crippen LogP contribution in [0.25, 0.3) is 0 Å². The van der Waals surface area contributed by atoms with E-state index in [2.05, 4.69) is 23.8 Å². The summed E-state index contributed by atoms with van der Waals surface area (Å²) in [6, 6.07) is 0.461. The molecule has 1 aliphatic heterocycles. The Labute approximate surface area is 79.2 Å². The first-order valence-electron chi connectivity index (χ1n) is 4.75. The average molecular weight is 183 g/mol. The highest BCUT2D eigenvalue weighted by Gasteiger charge is 2.16. The molecule has 0 N–H and O–H groups in total. The standard InChI is InChI=1S/C9H17N3O/c1-4-9(13)12-6-5-11(7-10-12)8(2)3/h7-8H,4-6H2,1-3H3. The van der Waals surface area contributed by atoms with Crippen LogP contribution in [0, 0.1) is 0 Å².